The van der Waals surface area contributed by atoms with Crippen LogP contribution in [-0.2, 0) is 14.4 Å². The fourth-order valence-corrected chi connectivity index (χ4v) is 1.55. The van der Waals surface area contributed by atoms with Gasteiger partial charge in [-0.3, -0.25) is 14.5 Å². The number of carboxylic acids is 1. The van der Waals surface area contributed by atoms with Gasteiger partial charge in [-0.05, 0) is 12.8 Å². The summed E-state index contributed by atoms with van der Waals surface area (Å²) in [5.41, 5.74) is 0. The molecule has 0 radical (unpaired) electrons. The van der Waals surface area contributed by atoms with Crippen molar-refractivity contribution in [2.45, 2.75) is 31.7 Å². The number of likely N-dealkylation sites (tertiary alicyclic amines) is 1. The Labute approximate surface area is 86.5 Å². The molecule has 0 spiro atoms. The molecule has 2 N–H and O–H groups in total. The second kappa shape index (κ2) is 4.88. The number of carbonyl (C=O) groups is 3. The summed E-state index contributed by atoms with van der Waals surface area (Å²) >= 11 is 0. The summed E-state index contributed by atoms with van der Waals surface area (Å²) in [5, 5.41) is 17.6. The molecule has 1 unspecified atom stereocenters. The van der Waals surface area contributed by atoms with Crippen LogP contribution >= 0.6 is 0 Å². The lowest BCUT2D eigenvalue weighted by molar-refractivity contribution is -0.159. The molecule has 6 heteroatoms. The summed E-state index contributed by atoms with van der Waals surface area (Å²) in [4.78, 5) is 34.3. The normalized spacial score (nSPS) is 19.9. The van der Waals surface area contributed by atoms with Crippen LogP contribution in [0.5, 0.6) is 0 Å². The Balaban J connectivity index is 2.90. The van der Waals surface area contributed by atoms with Gasteiger partial charge in [0.2, 0.25) is 11.8 Å². The van der Waals surface area contributed by atoms with E-state index in [1.165, 1.54) is 0 Å². The topological polar surface area (TPSA) is 94.9 Å². The van der Waals surface area contributed by atoms with Crippen LogP contribution in [0, 0.1) is 0 Å². The van der Waals surface area contributed by atoms with Crippen molar-refractivity contribution in [2.75, 3.05) is 6.61 Å². The van der Waals surface area contributed by atoms with Gasteiger partial charge in [-0.15, -0.1) is 0 Å². The highest BCUT2D eigenvalue weighted by atomic mass is 16.4. The third-order valence-corrected chi connectivity index (χ3v) is 2.34. The first-order valence-electron chi connectivity index (χ1n) is 4.76. The van der Waals surface area contributed by atoms with Crippen molar-refractivity contribution in [1.29, 1.82) is 0 Å². The first-order chi connectivity index (χ1) is 7.07. The van der Waals surface area contributed by atoms with Crippen molar-refractivity contribution < 1.29 is 24.6 Å². The fourth-order valence-electron chi connectivity index (χ4n) is 1.55. The van der Waals surface area contributed by atoms with E-state index in [2.05, 4.69) is 0 Å². The molecule has 1 atom stereocenters. The van der Waals surface area contributed by atoms with Crippen LogP contribution in [0.1, 0.15) is 25.7 Å². The monoisotopic (exact) mass is 215 g/mol. The average molecular weight is 215 g/mol. The SMILES string of the molecule is O=C(O)C(CO)N1C(=O)CCCCC1=O. The van der Waals surface area contributed by atoms with Gasteiger partial charge >= 0.3 is 5.97 Å². The number of aliphatic hydroxyl groups excluding tert-OH is 1. The van der Waals surface area contributed by atoms with E-state index >= 15 is 0 Å². The number of carbonyl (C=O) groups excluding carboxylic acids is 2. The van der Waals surface area contributed by atoms with E-state index in [9.17, 15) is 14.4 Å². The Morgan fingerprint density at radius 1 is 1.27 bits per heavy atom. The Morgan fingerprint density at radius 2 is 1.73 bits per heavy atom. The zero-order valence-corrected chi connectivity index (χ0v) is 8.18. The quantitative estimate of drug-likeness (QED) is 0.610. The van der Waals surface area contributed by atoms with Gasteiger partial charge in [0.25, 0.3) is 0 Å². The minimum Gasteiger partial charge on any atom is -0.480 e. The van der Waals surface area contributed by atoms with E-state index in [4.69, 9.17) is 10.2 Å². The van der Waals surface area contributed by atoms with E-state index in [1.54, 1.807) is 0 Å². The van der Waals surface area contributed by atoms with Crippen LogP contribution in [0.4, 0.5) is 0 Å². The molecule has 84 valence electrons. The van der Waals surface area contributed by atoms with Crippen LogP contribution in [0.25, 0.3) is 0 Å². The molecular weight excluding hydrogens is 202 g/mol. The molecule has 1 fully saturated rings. The van der Waals surface area contributed by atoms with Gasteiger partial charge in [0.15, 0.2) is 6.04 Å². The lowest BCUT2D eigenvalue weighted by Crippen LogP contribution is -2.49. The molecule has 6 nitrogen and oxygen atoms in total. The number of aliphatic hydroxyl groups is 1. The molecule has 0 aromatic heterocycles. The maximum Gasteiger partial charge on any atom is 0.329 e. The lowest BCUT2D eigenvalue weighted by atomic mass is 10.2. The van der Waals surface area contributed by atoms with Crippen LogP contribution in [0.15, 0.2) is 0 Å². The largest absolute Gasteiger partial charge is 0.480 e. The van der Waals surface area contributed by atoms with Crippen molar-refractivity contribution in [1.82, 2.24) is 4.90 Å². The van der Waals surface area contributed by atoms with Crippen LogP contribution in [0.3, 0.4) is 0 Å². The molecule has 1 heterocycles. The highest BCUT2D eigenvalue weighted by molar-refractivity contribution is 5.99. The van der Waals surface area contributed by atoms with Gasteiger partial charge in [-0.2, -0.15) is 0 Å². The Bertz CT molecular complexity index is 270. The molecule has 0 saturated carbocycles. The predicted octanol–water partition coefficient (Wildman–Crippen LogP) is -0.639. The van der Waals surface area contributed by atoms with Crippen molar-refractivity contribution in [3.63, 3.8) is 0 Å². The molecule has 0 aliphatic carbocycles. The number of aliphatic carboxylic acids is 1. The number of imide groups is 1. The molecular formula is C9H13NO5. The molecule has 1 aliphatic heterocycles. The van der Waals surface area contributed by atoms with Gasteiger partial charge < -0.3 is 10.2 Å². The van der Waals surface area contributed by atoms with Crippen LogP contribution in [0.2, 0.25) is 0 Å². The van der Waals surface area contributed by atoms with Crippen LogP contribution < -0.4 is 0 Å². The van der Waals surface area contributed by atoms with E-state index in [0.29, 0.717) is 17.7 Å². The second-order valence-electron chi connectivity index (χ2n) is 3.40. The maximum atomic E-state index is 11.5. The average Bonchev–Trinajstić information content (AvgIpc) is 2.32. The standard InChI is InChI=1S/C9H13NO5/c11-5-6(9(14)15)10-7(12)3-1-2-4-8(10)13/h6,11H,1-5H2,(H,14,15). The summed E-state index contributed by atoms with van der Waals surface area (Å²) in [5.74, 6) is -2.39. The minimum absolute atomic E-state index is 0.162. The third kappa shape index (κ3) is 2.53. The molecule has 0 bridgehead atoms. The summed E-state index contributed by atoms with van der Waals surface area (Å²) in [6.07, 6.45) is 1.49. The van der Waals surface area contributed by atoms with E-state index in [1.807, 2.05) is 0 Å². The van der Waals surface area contributed by atoms with Crippen LogP contribution in [-0.4, -0.2) is 45.5 Å². The third-order valence-electron chi connectivity index (χ3n) is 2.34. The van der Waals surface area contributed by atoms with E-state index in [-0.39, 0.29) is 12.8 Å². The number of rotatable bonds is 3. The molecule has 0 aromatic carbocycles. The fraction of sp³-hybridized carbons (Fsp3) is 0.667. The Morgan fingerprint density at radius 3 is 2.07 bits per heavy atom. The Hall–Kier alpha value is -1.43. The maximum absolute atomic E-state index is 11.5. The molecule has 0 aromatic rings. The number of amides is 2. The first kappa shape index (κ1) is 11.6. The summed E-state index contributed by atoms with van der Waals surface area (Å²) in [7, 11) is 0. The number of nitrogens with zero attached hydrogens (tertiary/aromatic N) is 1. The van der Waals surface area contributed by atoms with Gasteiger partial charge in [0.05, 0.1) is 6.61 Å². The lowest BCUT2D eigenvalue weighted by Gasteiger charge is -2.24. The van der Waals surface area contributed by atoms with Crippen molar-refractivity contribution >= 4 is 17.8 Å². The van der Waals surface area contributed by atoms with Crippen molar-refractivity contribution in [3.05, 3.63) is 0 Å². The minimum atomic E-state index is -1.44. The van der Waals surface area contributed by atoms with E-state index in [0.717, 1.165) is 0 Å². The van der Waals surface area contributed by atoms with Gasteiger partial charge in [-0.1, -0.05) is 0 Å². The zero-order valence-electron chi connectivity index (χ0n) is 8.18. The van der Waals surface area contributed by atoms with Gasteiger partial charge in [0.1, 0.15) is 0 Å². The predicted molar refractivity (Wildman–Crippen MR) is 48.8 cm³/mol. The summed E-state index contributed by atoms with van der Waals surface area (Å²) in [6.45, 7) is -0.743. The molecule has 1 aliphatic rings. The second-order valence-corrected chi connectivity index (χ2v) is 3.40. The van der Waals surface area contributed by atoms with Gasteiger partial charge in [-0.25, -0.2) is 4.79 Å². The molecule has 2 amide bonds. The summed E-state index contributed by atoms with van der Waals surface area (Å²) < 4.78 is 0. The van der Waals surface area contributed by atoms with E-state index < -0.39 is 30.4 Å². The summed E-state index contributed by atoms with van der Waals surface area (Å²) in [6, 6.07) is -1.44. The number of hydrogen-bond donors (Lipinski definition) is 2. The zero-order chi connectivity index (χ0) is 11.4. The van der Waals surface area contributed by atoms with Crippen molar-refractivity contribution in [2.24, 2.45) is 0 Å². The Kier molecular flexibility index (Phi) is 3.79. The molecule has 1 rings (SSSR count). The molecule has 1 saturated heterocycles. The smallest absolute Gasteiger partial charge is 0.329 e. The van der Waals surface area contributed by atoms with Crippen molar-refractivity contribution in [3.8, 4) is 0 Å². The first-order valence-corrected chi connectivity index (χ1v) is 4.76. The highest BCUT2D eigenvalue weighted by Crippen LogP contribution is 2.15. The number of hydrogen-bond acceptors (Lipinski definition) is 4. The van der Waals surface area contributed by atoms with Gasteiger partial charge in [0, 0.05) is 12.8 Å². The molecule has 15 heavy (non-hydrogen) atoms. The highest BCUT2D eigenvalue weighted by Gasteiger charge is 2.34. The number of carboxylic acid groups (broad SMARTS) is 1.